The van der Waals surface area contributed by atoms with Crippen LogP contribution >= 0.6 is 11.6 Å². The zero-order chi connectivity index (χ0) is 31.3. The minimum atomic E-state index is -0.227. The number of carbonyl (C=O) groups excluding carboxylic acids is 1. The molecule has 0 unspecified atom stereocenters. The van der Waals surface area contributed by atoms with Crippen LogP contribution in [-0.4, -0.2) is 38.1 Å². The third kappa shape index (κ3) is 7.66. The molecule has 0 spiro atoms. The summed E-state index contributed by atoms with van der Waals surface area (Å²) in [5, 5.41) is 23.4. The summed E-state index contributed by atoms with van der Waals surface area (Å²) in [5.74, 6) is 3.54. The summed E-state index contributed by atoms with van der Waals surface area (Å²) in [5.41, 5.74) is 5.34. The highest BCUT2D eigenvalue weighted by Crippen LogP contribution is 2.48. The molecule has 45 heavy (non-hydrogen) atoms. The summed E-state index contributed by atoms with van der Waals surface area (Å²) < 4.78 is 6.17. The van der Waals surface area contributed by atoms with Crippen LogP contribution in [0.5, 0.6) is 0 Å². The van der Waals surface area contributed by atoms with E-state index in [-0.39, 0.29) is 18.0 Å². The fourth-order valence-corrected chi connectivity index (χ4v) is 6.62. The molecule has 232 valence electrons. The zero-order valence-corrected chi connectivity index (χ0v) is 26.5. The first-order valence-corrected chi connectivity index (χ1v) is 16.2. The van der Waals surface area contributed by atoms with Gasteiger partial charge in [-0.2, -0.15) is 5.26 Å². The van der Waals surface area contributed by atoms with Crippen molar-refractivity contribution in [3.63, 3.8) is 0 Å². The van der Waals surface area contributed by atoms with E-state index >= 15 is 0 Å². The molecular formula is C37H40ClN5O2. The quantitative estimate of drug-likeness (QED) is 0.145. The third-order valence-electron chi connectivity index (χ3n) is 9.26. The molecule has 1 aliphatic carbocycles. The van der Waals surface area contributed by atoms with Crippen molar-refractivity contribution in [2.24, 2.45) is 17.8 Å². The van der Waals surface area contributed by atoms with E-state index in [1.807, 2.05) is 42.5 Å². The highest BCUT2D eigenvalue weighted by Gasteiger charge is 2.52. The molecule has 1 saturated carbocycles. The number of fused-ring (bicyclic) bond motifs is 1. The minimum Gasteiger partial charge on any atom is -0.460 e. The van der Waals surface area contributed by atoms with Gasteiger partial charge in [0.1, 0.15) is 11.5 Å². The molecule has 1 aromatic heterocycles. The summed E-state index contributed by atoms with van der Waals surface area (Å²) in [7, 11) is 0. The van der Waals surface area contributed by atoms with Gasteiger partial charge in [0, 0.05) is 24.2 Å². The molecule has 3 aromatic carbocycles. The molecule has 1 saturated heterocycles. The van der Waals surface area contributed by atoms with E-state index in [0.717, 1.165) is 48.4 Å². The van der Waals surface area contributed by atoms with Crippen LogP contribution in [0, 0.1) is 36.0 Å². The molecule has 2 heterocycles. The van der Waals surface area contributed by atoms with Crippen molar-refractivity contribution in [2.75, 3.05) is 26.2 Å². The number of hydrogen-bond donors (Lipinski definition) is 4. The molecule has 5 atom stereocenters. The predicted molar refractivity (Wildman–Crippen MR) is 178 cm³/mol. The number of carbonyl (C=O) groups is 1. The lowest BCUT2D eigenvalue weighted by Crippen LogP contribution is -2.44. The van der Waals surface area contributed by atoms with Gasteiger partial charge in [0.15, 0.2) is 0 Å². The fourth-order valence-electron chi connectivity index (χ4n) is 6.42. The number of nitrogens with zero attached hydrogens (tertiary/aromatic N) is 1. The Morgan fingerprint density at radius 1 is 1.04 bits per heavy atom. The number of furan rings is 1. The molecular weight excluding hydrogens is 582 g/mol. The smallest absolute Gasteiger partial charge is 0.253 e. The van der Waals surface area contributed by atoms with Crippen LogP contribution in [0.3, 0.4) is 0 Å². The predicted octanol–water partition coefficient (Wildman–Crippen LogP) is 6.03. The van der Waals surface area contributed by atoms with Crippen LogP contribution in [0.4, 0.5) is 0 Å². The molecule has 2 aliphatic rings. The van der Waals surface area contributed by atoms with E-state index < -0.39 is 0 Å². The number of nitrogens with one attached hydrogen (secondary N) is 4. The number of halogens is 1. The van der Waals surface area contributed by atoms with E-state index in [2.05, 4.69) is 65.4 Å². The minimum absolute atomic E-state index is 0.154. The molecule has 6 rings (SSSR count). The van der Waals surface area contributed by atoms with Crippen molar-refractivity contribution in [3.8, 4) is 17.4 Å². The molecule has 0 radical (unpaired) electrons. The van der Waals surface area contributed by atoms with Gasteiger partial charge >= 0.3 is 0 Å². The van der Waals surface area contributed by atoms with Crippen molar-refractivity contribution in [1.82, 2.24) is 21.3 Å². The third-order valence-corrected chi connectivity index (χ3v) is 9.59. The highest BCUT2D eigenvalue weighted by atomic mass is 35.5. The van der Waals surface area contributed by atoms with E-state index in [9.17, 15) is 10.1 Å². The van der Waals surface area contributed by atoms with Gasteiger partial charge in [0.25, 0.3) is 5.91 Å². The number of aryl methyl sites for hydroxylation is 1. The molecule has 7 nitrogen and oxygen atoms in total. The highest BCUT2D eigenvalue weighted by molar-refractivity contribution is 6.34. The normalized spacial score (nSPS) is 19.8. The van der Waals surface area contributed by atoms with Crippen LogP contribution < -0.4 is 21.3 Å². The maximum absolute atomic E-state index is 13.6. The number of rotatable bonds is 13. The van der Waals surface area contributed by atoms with Crippen molar-refractivity contribution < 1.29 is 9.21 Å². The second kappa shape index (κ2) is 14.0. The molecule has 4 N–H and O–H groups in total. The number of nitriles is 1. The van der Waals surface area contributed by atoms with E-state index in [1.165, 1.54) is 11.1 Å². The van der Waals surface area contributed by atoms with Crippen LogP contribution in [-0.2, 0) is 13.0 Å². The number of benzene rings is 3. The average Bonchev–Trinajstić information content (AvgIpc) is 3.38. The molecule has 8 heteroatoms. The maximum Gasteiger partial charge on any atom is 0.253 e. The Kier molecular flexibility index (Phi) is 9.67. The van der Waals surface area contributed by atoms with Gasteiger partial charge < -0.3 is 25.7 Å². The largest absolute Gasteiger partial charge is 0.460 e. The SMILES string of the molecule is Cc1ccc([C@@H](C)NCc2ccc(-c3ccc(Cl)c(C(=O)N[C@@H](CNC[C@H]4[C@H]5CNC[C@@H]45)Cc4ccc(C#N)cc4)c3)o2)cc1. The van der Waals surface area contributed by atoms with E-state index in [1.54, 1.807) is 12.1 Å². The molecule has 4 aromatic rings. The van der Waals surface area contributed by atoms with Gasteiger partial charge in [-0.15, -0.1) is 0 Å². The summed E-state index contributed by atoms with van der Waals surface area (Å²) in [6.45, 7) is 8.61. The van der Waals surface area contributed by atoms with Crippen molar-refractivity contribution in [3.05, 3.63) is 117 Å². The monoisotopic (exact) mass is 621 g/mol. The standard InChI is InChI=1S/C37H40ClN5O2/c1-23-3-9-27(10-4-23)24(2)42-19-30-12-14-36(45-30)28-11-13-35(38)31(16-28)37(44)43-29(15-25-5-7-26(17-39)8-6-25)18-40-20-32-33-21-41-22-34(32)33/h3-14,16,24,29,32-34,40-42H,15,18-22H2,1-2H3,(H,43,44)/t24-,29-,32-,33+,34-/m1/s1. The Labute approximate surface area is 270 Å². The summed E-state index contributed by atoms with van der Waals surface area (Å²) in [6, 6.07) is 27.6. The van der Waals surface area contributed by atoms with Gasteiger partial charge in [-0.1, -0.05) is 53.6 Å². The number of amides is 1. The summed E-state index contributed by atoms with van der Waals surface area (Å²) in [6.07, 6.45) is 0.635. The first-order valence-electron chi connectivity index (χ1n) is 15.8. The Balaban J connectivity index is 1.10. The lowest BCUT2D eigenvalue weighted by atomic mass is 10.0. The maximum atomic E-state index is 13.6. The molecule has 0 bridgehead atoms. The van der Waals surface area contributed by atoms with Crippen LogP contribution in [0.15, 0.2) is 83.3 Å². The fraction of sp³-hybridized carbons (Fsp3) is 0.351. The summed E-state index contributed by atoms with van der Waals surface area (Å²) >= 11 is 6.57. The Bertz CT molecular complexity index is 1650. The van der Waals surface area contributed by atoms with Crippen molar-refractivity contribution >= 4 is 17.5 Å². The van der Waals surface area contributed by atoms with E-state index in [0.29, 0.717) is 47.3 Å². The molecule has 1 aliphatic heterocycles. The second-order valence-electron chi connectivity index (χ2n) is 12.5. The Morgan fingerprint density at radius 2 is 1.80 bits per heavy atom. The van der Waals surface area contributed by atoms with Crippen molar-refractivity contribution in [1.29, 1.82) is 5.26 Å². The van der Waals surface area contributed by atoms with Crippen LogP contribution in [0.2, 0.25) is 5.02 Å². The van der Waals surface area contributed by atoms with Gasteiger partial charge in [0.2, 0.25) is 0 Å². The molecule has 2 fully saturated rings. The number of hydrogen-bond acceptors (Lipinski definition) is 6. The first-order chi connectivity index (χ1) is 21.9. The Hall–Kier alpha value is -3.93. The first kappa shape index (κ1) is 31.1. The average molecular weight is 622 g/mol. The lowest BCUT2D eigenvalue weighted by Gasteiger charge is -2.21. The van der Waals surface area contributed by atoms with Gasteiger partial charge in [-0.25, -0.2) is 0 Å². The van der Waals surface area contributed by atoms with Crippen molar-refractivity contribution in [2.45, 2.75) is 38.9 Å². The Morgan fingerprint density at radius 3 is 2.53 bits per heavy atom. The van der Waals surface area contributed by atoms with Crippen LogP contribution in [0.1, 0.15) is 51.3 Å². The number of piperidine rings is 1. The van der Waals surface area contributed by atoms with Crippen LogP contribution in [0.25, 0.3) is 11.3 Å². The second-order valence-corrected chi connectivity index (χ2v) is 12.9. The molecule has 1 amide bonds. The topological polar surface area (TPSA) is 102 Å². The lowest BCUT2D eigenvalue weighted by molar-refractivity contribution is 0.0936. The van der Waals surface area contributed by atoms with E-state index in [4.69, 9.17) is 16.0 Å². The zero-order valence-electron chi connectivity index (χ0n) is 25.8. The van der Waals surface area contributed by atoms with Gasteiger partial charge in [-0.3, -0.25) is 4.79 Å². The van der Waals surface area contributed by atoms with Gasteiger partial charge in [0.05, 0.1) is 28.8 Å². The summed E-state index contributed by atoms with van der Waals surface area (Å²) in [4.78, 5) is 13.6. The van der Waals surface area contributed by atoms with Gasteiger partial charge in [-0.05, 0) is 111 Å².